The highest BCUT2D eigenvalue weighted by molar-refractivity contribution is 7.87. The summed E-state index contributed by atoms with van der Waals surface area (Å²) in [6.45, 7) is 10.0. The SMILES string of the molecule is CC1(C)C(/C=C/C=C/C=C/C=C2/N(CCCCS(=O)(=O)O)c3ccc4ccc(OCCCCCC(=O)ON5C(=O)CC(S(=O)(=O)O)C5=O)cc4c3C2(C)C)=[N+](CCCCS(=O)(=O)O)c2ccc3ccccc3c21. The molecule has 1 unspecified atom stereocenters. The van der Waals surface area contributed by atoms with Gasteiger partial charge < -0.3 is 14.5 Å². The van der Waals surface area contributed by atoms with Gasteiger partial charge in [-0.3, -0.25) is 23.2 Å². The Bertz CT molecular complexity index is 3320. The van der Waals surface area contributed by atoms with E-state index < -0.39 is 65.2 Å². The Hall–Kier alpha value is -6.03. The number of hydroxylamine groups is 2. The lowest BCUT2D eigenvalue weighted by Crippen LogP contribution is -2.36. The Morgan fingerprint density at radius 3 is 2.10 bits per heavy atom. The third kappa shape index (κ3) is 12.8. The van der Waals surface area contributed by atoms with Crippen LogP contribution in [0.2, 0.25) is 0 Å². The lowest BCUT2D eigenvalue weighted by molar-refractivity contribution is -0.438. The standard InChI is InChI=1S/C53H61N3O14S3/c1-52(2)45(54(30-14-17-33-71(60,61)62)42-28-25-37-19-12-13-20-40(37)49(42)52)21-9-6-5-7-10-22-46-53(3,4)50-41-35-39(27-24-38(41)26-29-43(50)55(46)31-15-18-34-72(63,64)65)69-32-16-8-11-23-48(58)70-56-47(57)36-44(51(56)59)73(66,67)68/h5-7,9-10,12-13,19-22,24-29,35,44H,8,11,14-18,23,30-34,36H2,1-4H3,(H2-,60,61,62,63,64,65,66,67,68)/p+1. The number of allylic oxidation sites excluding steroid dienone is 8. The van der Waals surface area contributed by atoms with E-state index in [1.165, 1.54) is 5.56 Å². The number of fused-ring (bicyclic) bond motifs is 6. The quantitative estimate of drug-likeness (QED) is 0.0207. The van der Waals surface area contributed by atoms with Crippen molar-refractivity contribution in [3.8, 4) is 5.75 Å². The van der Waals surface area contributed by atoms with Gasteiger partial charge in [0.25, 0.3) is 42.2 Å². The number of benzene rings is 4. The molecule has 390 valence electrons. The second-order valence-electron chi connectivity index (χ2n) is 19.5. The molecule has 1 fully saturated rings. The van der Waals surface area contributed by atoms with Crippen LogP contribution in [0.4, 0.5) is 11.4 Å². The Morgan fingerprint density at radius 2 is 1.38 bits per heavy atom. The molecular weight excluding hydrogens is 999 g/mol. The van der Waals surface area contributed by atoms with E-state index in [4.69, 9.17) is 9.57 Å². The van der Waals surface area contributed by atoms with Crippen LogP contribution >= 0.6 is 0 Å². The van der Waals surface area contributed by atoms with E-state index in [0.29, 0.717) is 64.0 Å². The van der Waals surface area contributed by atoms with E-state index in [9.17, 15) is 53.3 Å². The summed E-state index contributed by atoms with van der Waals surface area (Å²) in [6.07, 6.45) is 16.1. The highest BCUT2D eigenvalue weighted by Gasteiger charge is 2.49. The van der Waals surface area contributed by atoms with E-state index in [2.05, 4.69) is 79.7 Å². The Morgan fingerprint density at radius 1 is 0.726 bits per heavy atom. The number of anilines is 1. The van der Waals surface area contributed by atoms with Gasteiger partial charge in [-0.25, -0.2) is 4.79 Å². The maximum Gasteiger partial charge on any atom is 0.333 e. The summed E-state index contributed by atoms with van der Waals surface area (Å²) < 4.78 is 105. The van der Waals surface area contributed by atoms with Crippen molar-refractivity contribution in [2.75, 3.05) is 36.1 Å². The molecule has 4 aromatic carbocycles. The van der Waals surface area contributed by atoms with Crippen LogP contribution in [0.15, 0.2) is 115 Å². The fraction of sp³-hybridized carbons (Fsp3) is 0.396. The number of ether oxygens (including phenoxy) is 1. The number of carbonyl (C=O) groups excluding carboxylic acids is 3. The monoisotopic (exact) mass is 1060 g/mol. The normalized spacial score (nSPS) is 18.5. The maximum atomic E-state index is 12.3. The van der Waals surface area contributed by atoms with Crippen LogP contribution in [-0.2, 0) is 60.4 Å². The minimum absolute atomic E-state index is 0.0938. The largest absolute Gasteiger partial charge is 0.494 e. The van der Waals surface area contributed by atoms with E-state index in [0.717, 1.165) is 49.9 Å². The van der Waals surface area contributed by atoms with Crippen LogP contribution < -0.4 is 9.64 Å². The summed E-state index contributed by atoms with van der Waals surface area (Å²) >= 11 is 0. The molecule has 0 radical (unpaired) electrons. The fourth-order valence-electron chi connectivity index (χ4n) is 10.1. The summed E-state index contributed by atoms with van der Waals surface area (Å²) in [5, 5.41) is 2.35. The summed E-state index contributed by atoms with van der Waals surface area (Å²) in [5.74, 6) is -3.26. The summed E-state index contributed by atoms with van der Waals surface area (Å²) in [5.41, 5.74) is 5.45. The first kappa shape index (κ1) is 54.7. The maximum absolute atomic E-state index is 12.3. The minimum atomic E-state index is -4.83. The number of nitrogens with zero attached hydrogens (tertiary/aromatic N) is 3. The predicted octanol–water partition coefficient (Wildman–Crippen LogP) is 8.47. The van der Waals surface area contributed by atoms with Gasteiger partial charge in [-0.15, -0.1) is 5.06 Å². The molecule has 4 aromatic rings. The molecule has 1 saturated heterocycles. The molecule has 7 rings (SSSR count). The predicted molar refractivity (Wildman–Crippen MR) is 280 cm³/mol. The van der Waals surface area contributed by atoms with Crippen LogP contribution in [0.3, 0.4) is 0 Å². The first-order valence-electron chi connectivity index (χ1n) is 24.2. The van der Waals surface area contributed by atoms with Gasteiger partial charge in [-0.2, -0.15) is 29.8 Å². The van der Waals surface area contributed by atoms with Gasteiger partial charge in [0.05, 0.1) is 29.9 Å². The average molecular weight is 1060 g/mol. The van der Waals surface area contributed by atoms with Gasteiger partial charge in [-0.05, 0) is 110 Å². The van der Waals surface area contributed by atoms with E-state index in [1.807, 2.05) is 66.8 Å². The van der Waals surface area contributed by atoms with Crippen LogP contribution in [0.1, 0.15) is 96.6 Å². The van der Waals surface area contributed by atoms with Crippen LogP contribution in [0, 0.1) is 0 Å². The molecule has 73 heavy (non-hydrogen) atoms. The molecule has 3 aliphatic heterocycles. The van der Waals surface area contributed by atoms with Gasteiger partial charge in [0, 0.05) is 53.9 Å². The molecule has 0 spiro atoms. The van der Waals surface area contributed by atoms with Crippen molar-refractivity contribution in [2.24, 2.45) is 0 Å². The third-order valence-corrected chi connectivity index (χ3v) is 16.2. The number of amides is 2. The molecule has 3 N–H and O–H groups in total. The van der Waals surface area contributed by atoms with Crippen molar-refractivity contribution in [1.82, 2.24) is 5.06 Å². The van der Waals surface area contributed by atoms with Crippen molar-refractivity contribution in [1.29, 1.82) is 0 Å². The summed E-state index contributed by atoms with van der Waals surface area (Å²) in [6, 6.07) is 22.4. The van der Waals surface area contributed by atoms with Crippen LogP contribution in [0.25, 0.3) is 21.5 Å². The van der Waals surface area contributed by atoms with Gasteiger partial charge in [0.15, 0.2) is 11.0 Å². The Balaban J connectivity index is 1.04. The Labute approximate surface area is 426 Å². The Kier molecular flexibility index (Phi) is 16.7. The molecule has 0 saturated carbocycles. The van der Waals surface area contributed by atoms with E-state index in [1.54, 1.807) is 0 Å². The zero-order chi connectivity index (χ0) is 52.9. The zero-order valence-electron chi connectivity index (χ0n) is 41.3. The molecule has 1 atom stereocenters. The van der Waals surface area contributed by atoms with Gasteiger partial charge >= 0.3 is 5.97 Å². The zero-order valence-corrected chi connectivity index (χ0v) is 43.7. The lowest BCUT2D eigenvalue weighted by Gasteiger charge is -2.27. The molecule has 3 heterocycles. The van der Waals surface area contributed by atoms with Gasteiger partial charge in [0.2, 0.25) is 5.69 Å². The number of hydrogen-bond acceptors (Lipinski definition) is 12. The third-order valence-electron chi connectivity index (χ3n) is 13.5. The van der Waals surface area contributed by atoms with Crippen molar-refractivity contribution >= 4 is 86.8 Å². The number of carbonyl (C=O) groups is 3. The number of unbranched alkanes of at least 4 members (excludes halogenated alkanes) is 4. The molecule has 17 nitrogen and oxygen atoms in total. The lowest BCUT2D eigenvalue weighted by atomic mass is 9.79. The van der Waals surface area contributed by atoms with Gasteiger partial charge in [0.1, 0.15) is 12.3 Å². The minimum Gasteiger partial charge on any atom is -0.494 e. The molecule has 0 bridgehead atoms. The molecule has 20 heteroatoms. The highest BCUT2D eigenvalue weighted by atomic mass is 32.2. The summed E-state index contributed by atoms with van der Waals surface area (Å²) in [4.78, 5) is 43.6. The molecule has 0 aromatic heterocycles. The second-order valence-corrected chi connectivity index (χ2v) is 24.2. The average Bonchev–Trinajstić information content (AvgIpc) is 3.81. The van der Waals surface area contributed by atoms with Crippen molar-refractivity contribution in [3.63, 3.8) is 0 Å². The van der Waals surface area contributed by atoms with Crippen LogP contribution in [-0.4, -0.2) is 108 Å². The molecule has 0 aliphatic carbocycles. The second kappa shape index (κ2) is 22.2. The van der Waals surface area contributed by atoms with Gasteiger partial charge in [-0.1, -0.05) is 80.6 Å². The van der Waals surface area contributed by atoms with Crippen LogP contribution in [0.5, 0.6) is 5.75 Å². The van der Waals surface area contributed by atoms with Crippen molar-refractivity contribution in [3.05, 3.63) is 126 Å². The summed E-state index contributed by atoms with van der Waals surface area (Å²) in [7, 11) is -13.0. The van der Waals surface area contributed by atoms with E-state index >= 15 is 0 Å². The highest BCUT2D eigenvalue weighted by Crippen LogP contribution is 2.51. The number of imide groups is 1. The topological polar surface area (TPSA) is 242 Å². The molecule has 2 amide bonds. The molecule has 3 aliphatic rings. The fourth-order valence-corrected chi connectivity index (χ4v) is 11.9. The first-order valence-corrected chi connectivity index (χ1v) is 28.9. The smallest absolute Gasteiger partial charge is 0.333 e. The number of rotatable bonds is 23. The number of hydrogen-bond donors (Lipinski definition) is 3. The van der Waals surface area contributed by atoms with E-state index in [-0.39, 0.29) is 34.8 Å². The van der Waals surface area contributed by atoms with Crippen molar-refractivity contribution < 1.29 is 67.4 Å². The van der Waals surface area contributed by atoms with Crippen molar-refractivity contribution in [2.45, 2.75) is 102 Å². The molecular formula is C53H62N3O14S3+. The first-order chi connectivity index (χ1) is 34.4.